The molecule has 26 heavy (non-hydrogen) atoms. The Labute approximate surface area is 159 Å². The molecule has 2 aliphatic heterocycles. The maximum absolute atomic E-state index is 13.5. The van der Waals surface area contributed by atoms with Crippen molar-refractivity contribution in [2.75, 3.05) is 18.0 Å². The molecule has 4 nitrogen and oxygen atoms in total. The van der Waals surface area contributed by atoms with E-state index in [4.69, 9.17) is 11.6 Å². The van der Waals surface area contributed by atoms with Gasteiger partial charge in [-0.2, -0.15) is 0 Å². The van der Waals surface area contributed by atoms with Crippen LogP contribution in [0, 0.1) is 5.82 Å². The number of carbonyl (C=O) groups excluding carboxylic acids is 2. The zero-order valence-electron chi connectivity index (χ0n) is 13.9. The zero-order valence-corrected chi connectivity index (χ0v) is 15.4. The molecular weight excluding hydrogens is 375 g/mol. The van der Waals surface area contributed by atoms with Crippen LogP contribution in [0.4, 0.5) is 10.1 Å². The van der Waals surface area contributed by atoms with E-state index in [9.17, 15) is 14.0 Å². The Morgan fingerprint density at radius 1 is 1.04 bits per heavy atom. The van der Waals surface area contributed by atoms with Crippen molar-refractivity contribution in [3.63, 3.8) is 0 Å². The van der Waals surface area contributed by atoms with E-state index in [0.29, 0.717) is 11.3 Å². The molecule has 0 spiro atoms. The minimum atomic E-state index is -0.586. The van der Waals surface area contributed by atoms with Crippen molar-refractivity contribution in [2.24, 2.45) is 0 Å². The molecule has 7 heteroatoms. The van der Waals surface area contributed by atoms with Crippen molar-refractivity contribution in [3.8, 4) is 0 Å². The summed E-state index contributed by atoms with van der Waals surface area (Å²) in [7, 11) is 0. The van der Waals surface area contributed by atoms with Crippen molar-refractivity contribution in [1.29, 1.82) is 0 Å². The molecule has 2 aromatic rings. The Morgan fingerprint density at radius 2 is 1.81 bits per heavy atom. The first-order valence-corrected chi connectivity index (χ1v) is 9.70. The molecule has 0 radical (unpaired) electrons. The summed E-state index contributed by atoms with van der Waals surface area (Å²) in [6, 6.07) is 7.59. The highest BCUT2D eigenvalue weighted by Gasteiger charge is 2.43. The average Bonchev–Trinajstić information content (AvgIpc) is 3.25. The number of likely N-dealkylation sites (tertiary alicyclic amines) is 1. The molecule has 1 fully saturated rings. The Kier molecular flexibility index (Phi) is 4.54. The number of hydrogen-bond acceptors (Lipinski definition) is 4. The zero-order chi connectivity index (χ0) is 18.3. The lowest BCUT2D eigenvalue weighted by Crippen LogP contribution is -2.37. The summed E-state index contributed by atoms with van der Waals surface area (Å²) in [6.07, 6.45) is 3.10. The fourth-order valence-corrected chi connectivity index (χ4v) is 4.37. The first-order valence-electron chi connectivity index (χ1n) is 8.45. The van der Waals surface area contributed by atoms with Gasteiger partial charge in [0.05, 0.1) is 16.3 Å². The van der Waals surface area contributed by atoms with Crippen molar-refractivity contribution in [2.45, 2.75) is 19.3 Å². The standard InChI is InChI=1S/C19H16ClFN2O2S/c20-13-11-12(6-7-14(13)21)23-18(24)16(15-5-4-10-26-15)17(19(23)25)22-8-2-1-3-9-22/h4-7,10-11H,1-3,8-9H2. The highest BCUT2D eigenvalue weighted by molar-refractivity contribution is 7.11. The molecule has 1 aromatic carbocycles. The van der Waals surface area contributed by atoms with Crippen LogP contribution in [-0.2, 0) is 9.59 Å². The van der Waals surface area contributed by atoms with Gasteiger partial charge in [0.2, 0.25) is 0 Å². The van der Waals surface area contributed by atoms with E-state index >= 15 is 0 Å². The van der Waals surface area contributed by atoms with Gasteiger partial charge in [0.25, 0.3) is 11.8 Å². The van der Waals surface area contributed by atoms with Crippen LogP contribution in [0.15, 0.2) is 41.4 Å². The summed E-state index contributed by atoms with van der Waals surface area (Å²) < 4.78 is 13.5. The number of hydrogen-bond donors (Lipinski definition) is 0. The number of benzene rings is 1. The first kappa shape index (κ1) is 17.2. The Hall–Kier alpha value is -2.18. The average molecular weight is 391 g/mol. The molecule has 0 N–H and O–H groups in total. The van der Waals surface area contributed by atoms with E-state index in [0.717, 1.165) is 42.1 Å². The number of thiophene rings is 1. The lowest BCUT2D eigenvalue weighted by molar-refractivity contribution is -0.120. The number of amides is 2. The third kappa shape index (κ3) is 2.83. The van der Waals surface area contributed by atoms with Crippen molar-refractivity contribution in [3.05, 3.63) is 57.1 Å². The monoisotopic (exact) mass is 390 g/mol. The highest BCUT2D eigenvalue weighted by Crippen LogP contribution is 2.38. The van der Waals surface area contributed by atoms with E-state index < -0.39 is 5.82 Å². The van der Waals surface area contributed by atoms with Crippen LogP contribution in [0.5, 0.6) is 0 Å². The predicted molar refractivity (Wildman–Crippen MR) is 101 cm³/mol. The van der Waals surface area contributed by atoms with Crippen molar-refractivity contribution in [1.82, 2.24) is 4.90 Å². The van der Waals surface area contributed by atoms with Crippen LogP contribution >= 0.6 is 22.9 Å². The van der Waals surface area contributed by atoms with E-state index in [1.165, 1.54) is 29.5 Å². The molecule has 0 saturated carbocycles. The van der Waals surface area contributed by atoms with Gasteiger partial charge in [-0.05, 0) is 48.9 Å². The van der Waals surface area contributed by atoms with Gasteiger partial charge in [0.1, 0.15) is 11.5 Å². The normalized spacial score (nSPS) is 18.2. The lowest BCUT2D eigenvalue weighted by atomic mass is 10.1. The Balaban J connectivity index is 1.81. The highest BCUT2D eigenvalue weighted by atomic mass is 35.5. The summed E-state index contributed by atoms with van der Waals surface area (Å²) in [5.74, 6) is -1.35. The molecule has 0 unspecified atom stereocenters. The predicted octanol–water partition coefficient (Wildman–Crippen LogP) is 4.31. The van der Waals surface area contributed by atoms with E-state index in [1.807, 2.05) is 22.4 Å². The number of rotatable bonds is 3. The molecule has 0 atom stereocenters. The lowest BCUT2D eigenvalue weighted by Gasteiger charge is -2.29. The minimum Gasteiger partial charge on any atom is -0.366 e. The summed E-state index contributed by atoms with van der Waals surface area (Å²) in [5, 5.41) is 1.76. The molecule has 2 aliphatic rings. The molecule has 134 valence electrons. The smallest absolute Gasteiger partial charge is 0.282 e. The second-order valence-corrected chi connectivity index (χ2v) is 7.65. The third-order valence-corrected chi connectivity index (χ3v) is 5.84. The number of piperidine rings is 1. The number of carbonyl (C=O) groups is 2. The molecule has 1 aromatic heterocycles. The van der Waals surface area contributed by atoms with Crippen LogP contribution in [0.25, 0.3) is 5.57 Å². The summed E-state index contributed by atoms with van der Waals surface area (Å²) in [5.41, 5.74) is 1.15. The summed E-state index contributed by atoms with van der Waals surface area (Å²) in [6.45, 7) is 1.50. The number of nitrogens with zero attached hydrogens (tertiary/aromatic N) is 2. The maximum Gasteiger partial charge on any atom is 0.282 e. The molecule has 2 amide bonds. The van der Waals surface area contributed by atoms with E-state index in [-0.39, 0.29) is 22.5 Å². The molecule has 4 rings (SSSR count). The molecule has 0 aliphatic carbocycles. The second-order valence-electron chi connectivity index (χ2n) is 6.29. The Morgan fingerprint density at radius 3 is 2.46 bits per heavy atom. The van der Waals surface area contributed by atoms with Crippen molar-refractivity contribution >= 4 is 46.0 Å². The Bertz CT molecular complexity index is 904. The van der Waals surface area contributed by atoms with E-state index in [2.05, 4.69) is 0 Å². The number of imide groups is 1. The fourth-order valence-electron chi connectivity index (χ4n) is 3.43. The van der Waals surface area contributed by atoms with Crippen LogP contribution in [0.3, 0.4) is 0 Å². The van der Waals surface area contributed by atoms with Gasteiger partial charge in [-0.1, -0.05) is 17.7 Å². The summed E-state index contributed by atoms with van der Waals surface area (Å²) >= 11 is 7.29. The van der Waals surface area contributed by atoms with Crippen molar-refractivity contribution < 1.29 is 14.0 Å². The second kappa shape index (κ2) is 6.85. The van der Waals surface area contributed by atoms with Crippen LogP contribution in [0.2, 0.25) is 5.02 Å². The van der Waals surface area contributed by atoms with Gasteiger partial charge < -0.3 is 4.90 Å². The molecule has 1 saturated heterocycles. The SMILES string of the molecule is O=C1C(c2cccs2)=C(N2CCCCC2)C(=O)N1c1ccc(F)c(Cl)c1. The molecule has 0 bridgehead atoms. The van der Waals surface area contributed by atoms with Gasteiger partial charge in [0, 0.05) is 18.0 Å². The van der Waals surface area contributed by atoms with Gasteiger partial charge in [0.15, 0.2) is 0 Å². The van der Waals surface area contributed by atoms with Gasteiger partial charge in [-0.15, -0.1) is 11.3 Å². The fraction of sp³-hybridized carbons (Fsp3) is 0.263. The summed E-state index contributed by atoms with van der Waals surface area (Å²) in [4.78, 5) is 30.2. The first-order chi connectivity index (χ1) is 12.6. The van der Waals surface area contributed by atoms with Crippen LogP contribution in [0.1, 0.15) is 24.1 Å². The van der Waals surface area contributed by atoms with Gasteiger partial charge in [-0.3, -0.25) is 9.59 Å². The number of anilines is 1. The third-order valence-electron chi connectivity index (χ3n) is 4.66. The maximum atomic E-state index is 13.5. The van der Waals surface area contributed by atoms with Gasteiger partial charge >= 0.3 is 0 Å². The van der Waals surface area contributed by atoms with E-state index in [1.54, 1.807) is 0 Å². The molecule has 3 heterocycles. The van der Waals surface area contributed by atoms with Crippen LogP contribution < -0.4 is 4.90 Å². The largest absolute Gasteiger partial charge is 0.366 e. The topological polar surface area (TPSA) is 40.6 Å². The van der Waals surface area contributed by atoms with Crippen LogP contribution in [-0.4, -0.2) is 29.8 Å². The number of halogens is 2. The minimum absolute atomic E-state index is 0.118. The quantitative estimate of drug-likeness (QED) is 0.733. The van der Waals surface area contributed by atoms with Gasteiger partial charge in [-0.25, -0.2) is 9.29 Å². The molecular formula is C19H16ClFN2O2S.